The average molecular weight is 362 g/mol. The van der Waals surface area contributed by atoms with E-state index >= 15 is 0 Å². The van der Waals surface area contributed by atoms with Gasteiger partial charge in [-0.3, -0.25) is 4.79 Å². The van der Waals surface area contributed by atoms with Gasteiger partial charge in [0.25, 0.3) is 0 Å². The van der Waals surface area contributed by atoms with Crippen molar-refractivity contribution in [3.63, 3.8) is 0 Å². The maximum Gasteiger partial charge on any atom is 0.242 e. The smallest absolute Gasteiger partial charge is 0.242 e. The molecule has 0 spiro atoms. The molecule has 0 aromatic heterocycles. The van der Waals surface area contributed by atoms with Crippen LogP contribution in [0.2, 0.25) is 0 Å². The minimum atomic E-state index is 0.157. The molecule has 1 saturated heterocycles. The molecular formula is C20H31N3OS. The van der Waals surface area contributed by atoms with Crippen molar-refractivity contribution in [3.8, 4) is 0 Å². The molecule has 0 bridgehead atoms. The zero-order chi connectivity index (χ0) is 17.5. The van der Waals surface area contributed by atoms with E-state index in [1.807, 2.05) is 4.90 Å². The molecule has 1 heterocycles. The molecule has 2 N–H and O–H groups in total. The van der Waals surface area contributed by atoms with E-state index in [9.17, 15) is 4.79 Å². The predicted molar refractivity (Wildman–Crippen MR) is 106 cm³/mol. The van der Waals surface area contributed by atoms with Gasteiger partial charge in [-0.05, 0) is 75.9 Å². The zero-order valence-electron chi connectivity index (χ0n) is 15.2. The van der Waals surface area contributed by atoms with Crippen molar-refractivity contribution in [1.82, 2.24) is 15.5 Å². The summed E-state index contributed by atoms with van der Waals surface area (Å²) in [6, 6.07) is 0. The third-order valence-electron chi connectivity index (χ3n) is 5.68. The Bertz CT molecular complexity index is 555. The fourth-order valence-corrected chi connectivity index (χ4v) is 4.32. The molecule has 1 fully saturated rings. The van der Waals surface area contributed by atoms with E-state index in [0.717, 1.165) is 38.4 Å². The molecule has 4 nitrogen and oxygen atoms in total. The van der Waals surface area contributed by atoms with Crippen molar-refractivity contribution in [2.24, 2.45) is 5.92 Å². The largest absolute Gasteiger partial charge is 0.362 e. The van der Waals surface area contributed by atoms with Crippen LogP contribution in [0.15, 0.2) is 23.3 Å². The van der Waals surface area contributed by atoms with Gasteiger partial charge in [-0.2, -0.15) is 0 Å². The summed E-state index contributed by atoms with van der Waals surface area (Å²) in [6.07, 6.45) is 15.8. The number of thiocarbonyl (C=S) groups is 1. The highest BCUT2D eigenvalue weighted by atomic mass is 32.1. The number of nitrogens with one attached hydrogen (secondary N) is 2. The summed E-state index contributed by atoms with van der Waals surface area (Å²) in [5.41, 5.74) is 3.02. The number of likely N-dealkylation sites (tertiary alicyclic amines) is 1. The second kappa shape index (κ2) is 9.37. The van der Waals surface area contributed by atoms with Gasteiger partial charge in [0.05, 0.1) is 6.54 Å². The average Bonchev–Trinajstić information content (AvgIpc) is 2.66. The molecule has 0 radical (unpaired) electrons. The van der Waals surface area contributed by atoms with Crippen LogP contribution in [0.4, 0.5) is 0 Å². The minimum Gasteiger partial charge on any atom is -0.362 e. The van der Waals surface area contributed by atoms with Crippen LogP contribution in [0, 0.1) is 5.92 Å². The fourth-order valence-electron chi connectivity index (χ4n) is 4.15. The highest BCUT2D eigenvalue weighted by Gasteiger charge is 2.27. The molecule has 1 amide bonds. The van der Waals surface area contributed by atoms with E-state index in [2.05, 4.69) is 22.8 Å². The number of amides is 1. The normalized spacial score (nSPS) is 23.2. The SMILES string of the molecule is O=C(CNC(=S)NCCC1=CCCCC1)N1CCC2CCCC=C2C1. The van der Waals surface area contributed by atoms with Crippen LogP contribution in [-0.2, 0) is 4.79 Å². The lowest BCUT2D eigenvalue weighted by Crippen LogP contribution is -2.47. The lowest BCUT2D eigenvalue weighted by Gasteiger charge is -2.36. The first kappa shape index (κ1) is 18.4. The Hall–Kier alpha value is -1.36. The van der Waals surface area contributed by atoms with Gasteiger partial charge in [-0.1, -0.05) is 23.3 Å². The monoisotopic (exact) mass is 361 g/mol. The van der Waals surface area contributed by atoms with Crippen molar-refractivity contribution in [2.45, 2.75) is 57.8 Å². The molecule has 138 valence electrons. The van der Waals surface area contributed by atoms with E-state index in [-0.39, 0.29) is 5.91 Å². The molecular weight excluding hydrogens is 330 g/mol. The molecule has 1 unspecified atom stereocenters. The molecule has 1 atom stereocenters. The topological polar surface area (TPSA) is 44.4 Å². The van der Waals surface area contributed by atoms with Crippen LogP contribution < -0.4 is 10.6 Å². The number of allylic oxidation sites excluding steroid dienone is 2. The second-order valence-corrected chi connectivity index (χ2v) is 7.89. The molecule has 0 aromatic rings. The fraction of sp³-hybridized carbons (Fsp3) is 0.700. The van der Waals surface area contributed by atoms with Gasteiger partial charge in [0, 0.05) is 19.6 Å². The Morgan fingerprint density at radius 1 is 1.16 bits per heavy atom. The summed E-state index contributed by atoms with van der Waals surface area (Å²) in [7, 11) is 0. The van der Waals surface area contributed by atoms with Crippen molar-refractivity contribution in [3.05, 3.63) is 23.3 Å². The first-order chi connectivity index (χ1) is 12.2. The summed E-state index contributed by atoms with van der Waals surface area (Å²) in [6.45, 7) is 2.85. The van der Waals surface area contributed by atoms with Crippen LogP contribution in [0.3, 0.4) is 0 Å². The minimum absolute atomic E-state index is 0.157. The Morgan fingerprint density at radius 2 is 2.04 bits per heavy atom. The maximum absolute atomic E-state index is 12.4. The molecule has 2 aliphatic carbocycles. The van der Waals surface area contributed by atoms with Gasteiger partial charge in [-0.15, -0.1) is 0 Å². The lowest BCUT2D eigenvalue weighted by atomic mass is 9.82. The maximum atomic E-state index is 12.4. The van der Waals surface area contributed by atoms with Gasteiger partial charge in [0.1, 0.15) is 0 Å². The van der Waals surface area contributed by atoms with Crippen LogP contribution in [0.5, 0.6) is 0 Å². The van der Waals surface area contributed by atoms with Gasteiger partial charge in [0.15, 0.2) is 5.11 Å². The van der Waals surface area contributed by atoms with E-state index in [1.165, 1.54) is 50.5 Å². The second-order valence-electron chi connectivity index (χ2n) is 7.48. The standard InChI is InChI=1S/C20H31N3OS/c24-19(23-13-11-17-8-4-5-9-18(17)15-23)14-22-20(25)21-12-10-16-6-2-1-3-7-16/h6,9,17H,1-5,7-8,10-15H2,(H2,21,22,25). The number of rotatable bonds is 5. The molecule has 3 aliphatic rings. The molecule has 0 saturated carbocycles. The van der Waals surface area contributed by atoms with E-state index in [0.29, 0.717) is 11.7 Å². The molecule has 1 aliphatic heterocycles. The Balaban J connectivity index is 1.33. The Labute approximate surface area is 157 Å². The van der Waals surface area contributed by atoms with Crippen molar-refractivity contribution >= 4 is 23.2 Å². The van der Waals surface area contributed by atoms with Crippen molar-refractivity contribution < 1.29 is 4.79 Å². The van der Waals surface area contributed by atoms with Crippen LogP contribution in [-0.4, -0.2) is 42.1 Å². The third kappa shape index (κ3) is 5.56. The van der Waals surface area contributed by atoms with Gasteiger partial charge < -0.3 is 15.5 Å². The number of fused-ring (bicyclic) bond motifs is 1. The Morgan fingerprint density at radius 3 is 2.88 bits per heavy atom. The van der Waals surface area contributed by atoms with Crippen LogP contribution in [0.1, 0.15) is 57.8 Å². The summed E-state index contributed by atoms with van der Waals surface area (Å²) in [5.74, 6) is 0.881. The first-order valence-electron chi connectivity index (χ1n) is 9.88. The van der Waals surface area contributed by atoms with Gasteiger partial charge >= 0.3 is 0 Å². The summed E-state index contributed by atoms with van der Waals surface area (Å²) in [5, 5.41) is 6.90. The first-order valence-corrected chi connectivity index (χ1v) is 10.3. The van der Waals surface area contributed by atoms with Crippen LogP contribution >= 0.6 is 12.2 Å². The summed E-state index contributed by atoms with van der Waals surface area (Å²) in [4.78, 5) is 14.4. The highest BCUT2D eigenvalue weighted by molar-refractivity contribution is 7.80. The Kier molecular flexibility index (Phi) is 6.91. The molecule has 5 heteroatoms. The molecule has 25 heavy (non-hydrogen) atoms. The number of hydrogen-bond acceptors (Lipinski definition) is 2. The zero-order valence-corrected chi connectivity index (χ0v) is 16.0. The number of carbonyl (C=O) groups excluding carboxylic acids is 1. The van der Waals surface area contributed by atoms with Gasteiger partial charge in [0.2, 0.25) is 5.91 Å². The quantitative estimate of drug-likeness (QED) is 0.582. The molecule has 3 rings (SSSR count). The van der Waals surface area contributed by atoms with E-state index in [1.54, 1.807) is 5.57 Å². The van der Waals surface area contributed by atoms with Gasteiger partial charge in [-0.25, -0.2) is 0 Å². The lowest BCUT2D eigenvalue weighted by molar-refractivity contribution is -0.130. The number of piperidine rings is 1. The van der Waals surface area contributed by atoms with E-state index < -0.39 is 0 Å². The highest BCUT2D eigenvalue weighted by Crippen LogP contribution is 2.31. The predicted octanol–water partition coefficient (Wildman–Crippen LogP) is 3.30. The summed E-state index contributed by atoms with van der Waals surface area (Å²) < 4.78 is 0. The van der Waals surface area contributed by atoms with Crippen LogP contribution in [0.25, 0.3) is 0 Å². The molecule has 0 aromatic carbocycles. The number of hydrogen-bond donors (Lipinski definition) is 2. The van der Waals surface area contributed by atoms with Crippen molar-refractivity contribution in [1.29, 1.82) is 0 Å². The number of nitrogens with zero attached hydrogens (tertiary/aromatic N) is 1. The van der Waals surface area contributed by atoms with Crippen molar-refractivity contribution in [2.75, 3.05) is 26.2 Å². The summed E-state index contributed by atoms with van der Waals surface area (Å²) >= 11 is 5.31. The third-order valence-corrected chi connectivity index (χ3v) is 5.97. The number of carbonyl (C=O) groups is 1. The van der Waals surface area contributed by atoms with E-state index in [4.69, 9.17) is 12.2 Å².